The molecule has 0 aromatic heterocycles. The minimum atomic E-state index is 1.15. The van der Waals surface area contributed by atoms with E-state index in [1.54, 1.807) is 0 Å². The van der Waals surface area contributed by atoms with Crippen LogP contribution in [0.15, 0.2) is 29.2 Å². The van der Waals surface area contributed by atoms with Gasteiger partial charge in [0.2, 0.25) is 0 Å². The van der Waals surface area contributed by atoms with Crippen molar-refractivity contribution in [2.24, 2.45) is 0 Å². The predicted molar refractivity (Wildman–Crippen MR) is 98.5 cm³/mol. The van der Waals surface area contributed by atoms with E-state index in [9.17, 15) is 0 Å². The minimum absolute atomic E-state index is 1.15. The van der Waals surface area contributed by atoms with Gasteiger partial charge in [0.05, 0.1) is 0 Å². The Hall–Kier alpha value is -0.430. The monoisotopic (exact) mass is 306 g/mol. The van der Waals surface area contributed by atoms with E-state index in [4.69, 9.17) is 0 Å². The summed E-state index contributed by atoms with van der Waals surface area (Å²) in [6.07, 6.45) is 18.2. The molecule has 0 nitrogen and oxygen atoms in total. The van der Waals surface area contributed by atoms with Gasteiger partial charge in [-0.2, -0.15) is 0 Å². The zero-order valence-corrected chi connectivity index (χ0v) is 14.8. The van der Waals surface area contributed by atoms with Gasteiger partial charge in [0.1, 0.15) is 0 Å². The van der Waals surface area contributed by atoms with Crippen molar-refractivity contribution in [3.63, 3.8) is 0 Å². The molecule has 0 N–H and O–H groups in total. The van der Waals surface area contributed by atoms with Crippen LogP contribution in [-0.2, 0) is 6.42 Å². The maximum absolute atomic E-state index is 4.51. The van der Waals surface area contributed by atoms with Crippen LogP contribution in [-0.4, -0.2) is 0 Å². The molecule has 0 heterocycles. The van der Waals surface area contributed by atoms with Gasteiger partial charge in [-0.25, -0.2) is 0 Å². The third kappa shape index (κ3) is 10.0. The van der Waals surface area contributed by atoms with Crippen molar-refractivity contribution in [1.29, 1.82) is 0 Å². The molecule has 21 heavy (non-hydrogen) atoms. The van der Waals surface area contributed by atoms with Crippen LogP contribution in [0.5, 0.6) is 0 Å². The third-order valence-corrected chi connectivity index (χ3v) is 4.73. The van der Waals surface area contributed by atoms with E-state index in [2.05, 4.69) is 43.8 Å². The first-order valence-corrected chi connectivity index (χ1v) is 9.56. The highest BCUT2D eigenvalue weighted by atomic mass is 32.1. The summed E-state index contributed by atoms with van der Waals surface area (Å²) in [5.41, 5.74) is 1.41. The van der Waals surface area contributed by atoms with Crippen molar-refractivity contribution in [3.05, 3.63) is 29.8 Å². The Morgan fingerprint density at radius 1 is 0.667 bits per heavy atom. The second-order valence-electron chi connectivity index (χ2n) is 6.27. The molecule has 0 radical (unpaired) electrons. The summed E-state index contributed by atoms with van der Waals surface area (Å²) < 4.78 is 0. The summed E-state index contributed by atoms with van der Waals surface area (Å²) in [5, 5.41) is 0. The second-order valence-corrected chi connectivity index (χ2v) is 6.75. The van der Waals surface area contributed by atoms with Crippen LogP contribution in [0.25, 0.3) is 0 Å². The lowest BCUT2D eigenvalue weighted by Gasteiger charge is -2.05. The van der Waals surface area contributed by atoms with Crippen LogP contribution >= 0.6 is 12.6 Å². The van der Waals surface area contributed by atoms with Crippen LogP contribution in [0.1, 0.15) is 89.5 Å². The molecular formula is C20H34S. The first kappa shape index (κ1) is 18.6. The summed E-state index contributed by atoms with van der Waals surface area (Å²) in [6, 6.07) is 8.49. The molecular weight excluding hydrogens is 272 g/mol. The first-order valence-electron chi connectivity index (χ1n) is 9.11. The Morgan fingerprint density at radius 3 is 1.67 bits per heavy atom. The molecule has 0 amide bonds. The van der Waals surface area contributed by atoms with Crippen molar-refractivity contribution in [2.75, 3.05) is 0 Å². The summed E-state index contributed by atoms with van der Waals surface area (Å²) in [6.45, 7) is 2.29. The van der Waals surface area contributed by atoms with Gasteiger partial charge in [-0.05, 0) is 24.5 Å². The molecule has 0 unspecified atom stereocenters. The first-order chi connectivity index (χ1) is 10.3. The van der Waals surface area contributed by atoms with Crippen molar-refractivity contribution >= 4 is 12.6 Å². The number of hydrogen-bond donors (Lipinski definition) is 1. The SMILES string of the molecule is CCCCCCCCCCCCCCc1ccccc1S. The van der Waals surface area contributed by atoms with E-state index >= 15 is 0 Å². The average Bonchev–Trinajstić information content (AvgIpc) is 2.50. The van der Waals surface area contributed by atoms with E-state index in [1.807, 2.05) is 0 Å². The maximum Gasteiger partial charge on any atom is 0.00720 e. The van der Waals surface area contributed by atoms with Gasteiger partial charge in [0.15, 0.2) is 0 Å². The topological polar surface area (TPSA) is 0 Å². The van der Waals surface area contributed by atoms with Gasteiger partial charge in [-0.1, -0.05) is 95.8 Å². The number of hydrogen-bond acceptors (Lipinski definition) is 1. The Morgan fingerprint density at radius 2 is 1.14 bits per heavy atom. The number of thiol groups is 1. The van der Waals surface area contributed by atoms with Crippen LogP contribution in [0.2, 0.25) is 0 Å². The Bertz CT molecular complexity index is 345. The van der Waals surface area contributed by atoms with Gasteiger partial charge < -0.3 is 0 Å². The van der Waals surface area contributed by atoms with Gasteiger partial charge in [-0.15, -0.1) is 12.6 Å². The highest BCUT2D eigenvalue weighted by molar-refractivity contribution is 7.80. The van der Waals surface area contributed by atoms with Crippen LogP contribution in [0, 0.1) is 0 Å². The van der Waals surface area contributed by atoms with Gasteiger partial charge in [0, 0.05) is 4.90 Å². The molecule has 1 aromatic carbocycles. The lowest BCUT2D eigenvalue weighted by Crippen LogP contribution is -1.88. The number of aryl methyl sites for hydroxylation is 1. The molecule has 1 heteroatoms. The Labute approximate surface area is 138 Å². The fourth-order valence-corrected chi connectivity index (χ4v) is 3.15. The van der Waals surface area contributed by atoms with E-state index in [-0.39, 0.29) is 0 Å². The van der Waals surface area contributed by atoms with Crippen LogP contribution in [0.3, 0.4) is 0 Å². The zero-order valence-electron chi connectivity index (χ0n) is 13.9. The number of rotatable bonds is 13. The van der Waals surface area contributed by atoms with Crippen molar-refractivity contribution in [1.82, 2.24) is 0 Å². The van der Waals surface area contributed by atoms with Crippen molar-refractivity contribution in [3.8, 4) is 0 Å². The summed E-state index contributed by atoms with van der Waals surface area (Å²) in [7, 11) is 0. The maximum atomic E-state index is 4.51. The highest BCUT2D eigenvalue weighted by Gasteiger charge is 1.98. The highest BCUT2D eigenvalue weighted by Crippen LogP contribution is 2.17. The summed E-state index contributed by atoms with van der Waals surface area (Å²) in [5.74, 6) is 0. The van der Waals surface area contributed by atoms with E-state index in [0.717, 1.165) is 4.90 Å². The van der Waals surface area contributed by atoms with Gasteiger partial charge in [0.25, 0.3) is 0 Å². The molecule has 1 aromatic rings. The normalized spacial score (nSPS) is 11.0. The van der Waals surface area contributed by atoms with E-state index < -0.39 is 0 Å². The fraction of sp³-hybridized carbons (Fsp3) is 0.700. The lowest BCUT2D eigenvalue weighted by molar-refractivity contribution is 0.543. The molecule has 0 atom stereocenters. The molecule has 120 valence electrons. The number of benzene rings is 1. The molecule has 0 fully saturated rings. The standard InChI is InChI=1S/C20H34S/c1-2-3-4-5-6-7-8-9-10-11-12-13-16-19-17-14-15-18-20(19)21/h14-15,17-18,21H,2-13,16H2,1H3. The second kappa shape index (κ2) is 13.2. The van der Waals surface area contributed by atoms with E-state index in [0.29, 0.717) is 0 Å². The van der Waals surface area contributed by atoms with Gasteiger partial charge in [-0.3, -0.25) is 0 Å². The zero-order chi connectivity index (χ0) is 15.2. The van der Waals surface area contributed by atoms with E-state index in [1.165, 1.54) is 89.0 Å². The van der Waals surface area contributed by atoms with Crippen molar-refractivity contribution in [2.45, 2.75) is 95.3 Å². The smallest absolute Gasteiger partial charge is 0.00720 e. The molecule has 0 bridgehead atoms. The predicted octanol–water partition coefficient (Wildman–Crippen LogP) is 7.22. The Kier molecular flexibility index (Phi) is 11.7. The molecule has 0 spiro atoms. The largest absolute Gasteiger partial charge is 0.143 e. The van der Waals surface area contributed by atoms with Crippen LogP contribution in [0.4, 0.5) is 0 Å². The molecule has 0 aliphatic heterocycles. The quantitative estimate of drug-likeness (QED) is 0.288. The molecule has 0 saturated heterocycles. The summed E-state index contributed by atoms with van der Waals surface area (Å²) >= 11 is 4.51. The molecule has 0 aliphatic rings. The minimum Gasteiger partial charge on any atom is -0.143 e. The molecule has 0 aliphatic carbocycles. The summed E-state index contributed by atoms with van der Waals surface area (Å²) in [4.78, 5) is 1.15. The Balaban J connectivity index is 1.84. The molecule has 1 rings (SSSR count). The molecule has 0 saturated carbocycles. The van der Waals surface area contributed by atoms with Crippen LogP contribution < -0.4 is 0 Å². The number of unbranched alkanes of at least 4 members (excludes halogenated alkanes) is 11. The third-order valence-electron chi connectivity index (χ3n) is 4.29. The van der Waals surface area contributed by atoms with Crippen molar-refractivity contribution < 1.29 is 0 Å². The average molecular weight is 307 g/mol. The fourth-order valence-electron chi connectivity index (χ4n) is 2.88. The lowest BCUT2D eigenvalue weighted by atomic mass is 10.0. The van der Waals surface area contributed by atoms with Gasteiger partial charge >= 0.3 is 0 Å².